The van der Waals surface area contributed by atoms with Crippen molar-refractivity contribution in [3.05, 3.63) is 11.4 Å². The molecule has 7 heteroatoms. The summed E-state index contributed by atoms with van der Waals surface area (Å²) in [7, 11) is -3.52. The van der Waals surface area contributed by atoms with Crippen LogP contribution in [-0.2, 0) is 16.6 Å². The van der Waals surface area contributed by atoms with E-state index < -0.39 is 10.0 Å². The highest BCUT2D eigenvalue weighted by Crippen LogP contribution is 2.34. The number of rotatable bonds is 8. The molecule has 0 aliphatic heterocycles. The van der Waals surface area contributed by atoms with Gasteiger partial charge in [-0.3, -0.25) is 4.68 Å². The highest BCUT2D eigenvalue weighted by molar-refractivity contribution is 7.89. The van der Waals surface area contributed by atoms with Crippen molar-refractivity contribution in [1.82, 2.24) is 14.5 Å². The van der Waals surface area contributed by atoms with E-state index in [1.54, 1.807) is 18.5 Å². The van der Waals surface area contributed by atoms with Crippen LogP contribution in [0.3, 0.4) is 0 Å². The fourth-order valence-electron chi connectivity index (χ4n) is 2.74. The van der Waals surface area contributed by atoms with E-state index >= 15 is 0 Å². The summed E-state index contributed by atoms with van der Waals surface area (Å²) >= 11 is 0. The van der Waals surface area contributed by atoms with E-state index in [0.29, 0.717) is 35.3 Å². The van der Waals surface area contributed by atoms with Gasteiger partial charge in [0, 0.05) is 12.6 Å². The van der Waals surface area contributed by atoms with Crippen LogP contribution < -0.4 is 10.5 Å². The van der Waals surface area contributed by atoms with Crippen LogP contribution in [0.25, 0.3) is 0 Å². The summed E-state index contributed by atoms with van der Waals surface area (Å²) < 4.78 is 29.9. The van der Waals surface area contributed by atoms with Crippen molar-refractivity contribution in [2.75, 3.05) is 6.54 Å². The van der Waals surface area contributed by atoms with E-state index in [1.807, 2.05) is 6.92 Å². The summed E-state index contributed by atoms with van der Waals surface area (Å²) in [6.07, 6.45) is 4.20. The maximum atomic E-state index is 12.7. The summed E-state index contributed by atoms with van der Waals surface area (Å²) in [6.45, 7) is 6.51. The molecule has 2 rings (SSSR count). The largest absolute Gasteiger partial charge is 0.329 e. The van der Waals surface area contributed by atoms with Gasteiger partial charge in [0.1, 0.15) is 4.90 Å². The Bertz CT molecular complexity index is 590. The quantitative estimate of drug-likeness (QED) is 0.757. The van der Waals surface area contributed by atoms with Crippen molar-refractivity contribution >= 4 is 10.0 Å². The zero-order chi connectivity index (χ0) is 15.6. The fraction of sp³-hybridized carbons (Fsp3) is 0.786. The van der Waals surface area contributed by atoms with Gasteiger partial charge in [-0.1, -0.05) is 19.8 Å². The van der Waals surface area contributed by atoms with Gasteiger partial charge in [0.15, 0.2) is 0 Å². The van der Waals surface area contributed by atoms with Gasteiger partial charge in [0.2, 0.25) is 10.0 Å². The normalized spacial score (nSPS) is 17.1. The van der Waals surface area contributed by atoms with Crippen molar-refractivity contribution in [2.24, 2.45) is 11.7 Å². The highest BCUT2D eigenvalue weighted by Gasteiger charge is 2.30. The smallest absolute Gasteiger partial charge is 0.244 e. The minimum atomic E-state index is -3.52. The van der Waals surface area contributed by atoms with E-state index in [2.05, 4.69) is 9.82 Å². The van der Waals surface area contributed by atoms with Gasteiger partial charge >= 0.3 is 0 Å². The third-order valence-corrected chi connectivity index (χ3v) is 5.83. The molecule has 0 saturated heterocycles. The van der Waals surface area contributed by atoms with Gasteiger partial charge in [-0.15, -0.1) is 0 Å². The third kappa shape index (κ3) is 3.84. The molecule has 1 unspecified atom stereocenters. The van der Waals surface area contributed by atoms with Crippen molar-refractivity contribution in [2.45, 2.75) is 63.9 Å². The number of aromatic nitrogens is 2. The average molecular weight is 314 g/mol. The number of sulfonamides is 1. The standard InChI is InChI=1S/C14H26N4O2S/c1-4-13(9-12-5-6-12)17-21(19,20)14-10(2)16-18(8-7-15)11(14)3/h12-13,17H,4-9,15H2,1-3H3. The Morgan fingerprint density at radius 1 is 1.43 bits per heavy atom. The molecule has 0 amide bonds. The van der Waals surface area contributed by atoms with Crippen LogP contribution in [0.4, 0.5) is 0 Å². The van der Waals surface area contributed by atoms with Gasteiger partial charge in [-0.2, -0.15) is 5.10 Å². The predicted octanol–water partition coefficient (Wildman–Crippen LogP) is 1.32. The molecule has 1 aliphatic carbocycles. The van der Waals surface area contributed by atoms with Crippen LogP contribution in [0.5, 0.6) is 0 Å². The van der Waals surface area contributed by atoms with Gasteiger partial charge in [0.05, 0.1) is 17.9 Å². The lowest BCUT2D eigenvalue weighted by Crippen LogP contribution is -2.35. The van der Waals surface area contributed by atoms with Crippen molar-refractivity contribution in [1.29, 1.82) is 0 Å². The first-order valence-electron chi connectivity index (χ1n) is 7.65. The molecule has 1 heterocycles. The van der Waals surface area contributed by atoms with E-state index in [4.69, 9.17) is 5.73 Å². The van der Waals surface area contributed by atoms with Crippen LogP contribution in [0, 0.1) is 19.8 Å². The van der Waals surface area contributed by atoms with Crippen LogP contribution >= 0.6 is 0 Å². The fourth-order valence-corrected chi connectivity index (χ4v) is 4.49. The Morgan fingerprint density at radius 2 is 2.10 bits per heavy atom. The lowest BCUT2D eigenvalue weighted by atomic mass is 10.1. The number of nitrogens with two attached hydrogens (primary N) is 1. The number of nitrogens with one attached hydrogen (secondary N) is 1. The van der Waals surface area contributed by atoms with Crippen LogP contribution in [0.1, 0.15) is 44.0 Å². The molecule has 1 aliphatic rings. The maximum Gasteiger partial charge on any atom is 0.244 e. The number of hydrogen-bond acceptors (Lipinski definition) is 4. The minimum absolute atomic E-state index is 0.0131. The van der Waals surface area contributed by atoms with E-state index in [0.717, 1.165) is 12.8 Å². The first kappa shape index (κ1) is 16.5. The van der Waals surface area contributed by atoms with Crippen LogP contribution in [-0.4, -0.2) is 30.8 Å². The molecule has 1 atom stereocenters. The zero-order valence-electron chi connectivity index (χ0n) is 13.1. The number of aryl methyl sites for hydroxylation is 1. The molecule has 21 heavy (non-hydrogen) atoms. The molecule has 0 bridgehead atoms. The average Bonchev–Trinajstić information content (AvgIpc) is 3.15. The Morgan fingerprint density at radius 3 is 2.62 bits per heavy atom. The first-order chi connectivity index (χ1) is 9.89. The molecule has 6 nitrogen and oxygen atoms in total. The molecule has 1 aromatic heterocycles. The van der Waals surface area contributed by atoms with E-state index in [1.165, 1.54) is 12.8 Å². The molecule has 0 aromatic carbocycles. The monoisotopic (exact) mass is 314 g/mol. The summed E-state index contributed by atoms with van der Waals surface area (Å²) in [6, 6.07) is 0.0131. The van der Waals surface area contributed by atoms with Gasteiger partial charge < -0.3 is 5.73 Å². The molecular weight excluding hydrogens is 288 g/mol. The third-order valence-electron chi connectivity index (χ3n) is 4.05. The zero-order valence-corrected chi connectivity index (χ0v) is 13.9. The molecule has 1 saturated carbocycles. The summed E-state index contributed by atoms with van der Waals surface area (Å²) in [5, 5.41) is 4.29. The highest BCUT2D eigenvalue weighted by atomic mass is 32.2. The summed E-state index contributed by atoms with van der Waals surface area (Å²) in [5.41, 5.74) is 6.73. The van der Waals surface area contributed by atoms with Gasteiger partial charge in [-0.25, -0.2) is 13.1 Å². The van der Waals surface area contributed by atoms with E-state index in [9.17, 15) is 8.42 Å². The number of nitrogens with zero attached hydrogens (tertiary/aromatic N) is 2. The lowest BCUT2D eigenvalue weighted by molar-refractivity contribution is 0.494. The van der Waals surface area contributed by atoms with Crippen molar-refractivity contribution < 1.29 is 8.42 Å². The van der Waals surface area contributed by atoms with Crippen LogP contribution in [0.15, 0.2) is 4.90 Å². The second-order valence-electron chi connectivity index (χ2n) is 5.92. The molecule has 0 spiro atoms. The molecular formula is C14H26N4O2S. The summed E-state index contributed by atoms with van der Waals surface area (Å²) in [4.78, 5) is 0.310. The molecule has 1 fully saturated rings. The SMILES string of the molecule is CCC(CC1CC1)NS(=O)(=O)c1c(C)nn(CCN)c1C. The Hall–Kier alpha value is -0.920. The lowest BCUT2D eigenvalue weighted by Gasteiger charge is -2.17. The molecule has 3 N–H and O–H groups in total. The molecule has 1 aromatic rings. The first-order valence-corrected chi connectivity index (χ1v) is 9.13. The molecule has 0 radical (unpaired) electrons. The maximum absolute atomic E-state index is 12.7. The Kier molecular flexibility index (Phi) is 5.06. The van der Waals surface area contributed by atoms with Crippen molar-refractivity contribution in [3.8, 4) is 0 Å². The minimum Gasteiger partial charge on any atom is -0.329 e. The molecule has 120 valence electrons. The Balaban J connectivity index is 2.21. The van der Waals surface area contributed by atoms with E-state index in [-0.39, 0.29) is 6.04 Å². The van der Waals surface area contributed by atoms with Gasteiger partial charge in [-0.05, 0) is 32.6 Å². The topological polar surface area (TPSA) is 90.0 Å². The Labute approximate surface area is 127 Å². The van der Waals surface area contributed by atoms with Crippen LogP contribution in [0.2, 0.25) is 0 Å². The second kappa shape index (κ2) is 6.46. The van der Waals surface area contributed by atoms with Gasteiger partial charge in [0.25, 0.3) is 0 Å². The predicted molar refractivity (Wildman–Crippen MR) is 82.5 cm³/mol. The summed E-state index contributed by atoms with van der Waals surface area (Å²) in [5.74, 6) is 0.694. The number of hydrogen-bond donors (Lipinski definition) is 2. The second-order valence-corrected chi connectivity index (χ2v) is 7.57. The van der Waals surface area contributed by atoms with Crippen molar-refractivity contribution in [3.63, 3.8) is 0 Å².